The van der Waals surface area contributed by atoms with Crippen LogP contribution < -0.4 is 15.4 Å². The Bertz CT molecular complexity index is 704. The minimum Gasteiger partial charge on any atom is -0.497 e. The van der Waals surface area contributed by atoms with Gasteiger partial charge in [0.2, 0.25) is 0 Å². The number of methoxy groups -OCH3 is 1. The highest BCUT2D eigenvalue weighted by molar-refractivity contribution is 14.0. The average Bonchev–Trinajstić information content (AvgIpc) is 2.62. The topological polar surface area (TPSA) is 48.9 Å². The van der Waals surface area contributed by atoms with E-state index in [4.69, 9.17) is 4.74 Å². The molecule has 0 aliphatic carbocycles. The standard InChI is InChI=1S/C20H28N4O.HI/c1-21-20(23-14-17-8-6-10-19(12-17)25-4)22-13-16-7-5-9-18(11-16)15-24(2)3;/h5-12H,13-15H2,1-4H3,(H2,21,22,23);1H. The van der Waals surface area contributed by atoms with Crippen molar-refractivity contribution in [2.75, 3.05) is 28.3 Å². The van der Waals surface area contributed by atoms with Crippen LogP contribution in [-0.4, -0.2) is 39.1 Å². The van der Waals surface area contributed by atoms with Crippen LogP contribution >= 0.6 is 24.0 Å². The number of hydrogen-bond donors (Lipinski definition) is 2. The van der Waals surface area contributed by atoms with Crippen molar-refractivity contribution in [3.63, 3.8) is 0 Å². The molecule has 142 valence electrons. The normalized spacial score (nSPS) is 11.0. The Morgan fingerprint density at radius 1 is 0.962 bits per heavy atom. The van der Waals surface area contributed by atoms with E-state index in [2.05, 4.69) is 65.0 Å². The third kappa shape index (κ3) is 7.61. The summed E-state index contributed by atoms with van der Waals surface area (Å²) in [5, 5.41) is 6.69. The van der Waals surface area contributed by atoms with Crippen LogP contribution in [0.4, 0.5) is 0 Å². The highest BCUT2D eigenvalue weighted by Gasteiger charge is 2.02. The highest BCUT2D eigenvalue weighted by Crippen LogP contribution is 2.12. The number of nitrogens with one attached hydrogen (secondary N) is 2. The smallest absolute Gasteiger partial charge is 0.191 e. The fraction of sp³-hybridized carbons (Fsp3) is 0.350. The van der Waals surface area contributed by atoms with Crippen molar-refractivity contribution < 1.29 is 4.74 Å². The summed E-state index contributed by atoms with van der Waals surface area (Å²) in [7, 11) is 7.62. The lowest BCUT2D eigenvalue weighted by atomic mass is 10.1. The molecule has 2 aromatic rings. The van der Waals surface area contributed by atoms with E-state index in [1.54, 1.807) is 14.2 Å². The Hall–Kier alpha value is -1.80. The zero-order valence-corrected chi connectivity index (χ0v) is 18.3. The average molecular weight is 468 g/mol. The van der Waals surface area contributed by atoms with Crippen LogP contribution in [0.25, 0.3) is 0 Å². The van der Waals surface area contributed by atoms with Gasteiger partial charge < -0.3 is 20.3 Å². The predicted octanol–water partition coefficient (Wildman–Crippen LogP) is 3.24. The molecule has 0 aliphatic heterocycles. The maximum Gasteiger partial charge on any atom is 0.191 e. The Balaban J connectivity index is 0.00000338. The molecule has 0 amide bonds. The zero-order valence-electron chi connectivity index (χ0n) is 16.0. The molecule has 2 N–H and O–H groups in total. The number of rotatable bonds is 7. The summed E-state index contributed by atoms with van der Waals surface area (Å²) in [6, 6.07) is 16.6. The van der Waals surface area contributed by atoms with Crippen molar-refractivity contribution in [1.82, 2.24) is 15.5 Å². The summed E-state index contributed by atoms with van der Waals surface area (Å²) in [6.45, 7) is 2.37. The van der Waals surface area contributed by atoms with Gasteiger partial charge in [0.05, 0.1) is 7.11 Å². The second-order valence-electron chi connectivity index (χ2n) is 6.19. The van der Waals surface area contributed by atoms with E-state index in [0.29, 0.717) is 6.54 Å². The molecule has 2 aromatic carbocycles. The maximum atomic E-state index is 5.25. The summed E-state index contributed by atoms with van der Waals surface area (Å²) in [5.41, 5.74) is 3.70. The Kier molecular flexibility index (Phi) is 10.0. The lowest BCUT2D eigenvalue weighted by Crippen LogP contribution is -2.36. The van der Waals surface area contributed by atoms with Gasteiger partial charge in [0.15, 0.2) is 5.96 Å². The SMILES string of the molecule is CN=C(NCc1cccc(CN(C)C)c1)NCc1cccc(OC)c1.I. The molecule has 0 spiro atoms. The summed E-state index contributed by atoms with van der Waals surface area (Å²) >= 11 is 0. The van der Waals surface area contributed by atoms with Gasteiger partial charge in [-0.3, -0.25) is 4.99 Å². The van der Waals surface area contributed by atoms with E-state index in [-0.39, 0.29) is 24.0 Å². The molecule has 5 nitrogen and oxygen atoms in total. The monoisotopic (exact) mass is 468 g/mol. The third-order valence-electron chi connectivity index (χ3n) is 3.77. The van der Waals surface area contributed by atoms with E-state index in [1.165, 1.54) is 11.1 Å². The fourth-order valence-corrected chi connectivity index (χ4v) is 2.58. The van der Waals surface area contributed by atoms with Crippen LogP contribution in [0.5, 0.6) is 5.75 Å². The number of ether oxygens (including phenoxy) is 1. The molecule has 0 aliphatic rings. The van der Waals surface area contributed by atoms with E-state index >= 15 is 0 Å². The number of halogens is 1. The van der Waals surface area contributed by atoms with Gasteiger partial charge in [0.25, 0.3) is 0 Å². The lowest BCUT2D eigenvalue weighted by Gasteiger charge is -2.14. The Morgan fingerprint density at radius 3 is 2.12 bits per heavy atom. The second kappa shape index (κ2) is 11.7. The van der Waals surface area contributed by atoms with Crippen molar-refractivity contribution in [1.29, 1.82) is 0 Å². The largest absolute Gasteiger partial charge is 0.497 e. The summed E-state index contributed by atoms with van der Waals surface area (Å²) in [5.74, 6) is 1.64. The summed E-state index contributed by atoms with van der Waals surface area (Å²) in [4.78, 5) is 6.45. The molecule has 0 saturated heterocycles. The van der Waals surface area contributed by atoms with Gasteiger partial charge in [0.1, 0.15) is 5.75 Å². The van der Waals surface area contributed by atoms with Crippen LogP contribution in [0.1, 0.15) is 16.7 Å². The van der Waals surface area contributed by atoms with Gasteiger partial charge >= 0.3 is 0 Å². The molecule has 0 atom stereocenters. The van der Waals surface area contributed by atoms with Crippen LogP contribution in [0.2, 0.25) is 0 Å². The maximum absolute atomic E-state index is 5.25. The Labute approximate surface area is 173 Å². The first-order chi connectivity index (χ1) is 12.1. The van der Waals surface area contributed by atoms with Gasteiger partial charge in [-0.2, -0.15) is 0 Å². The number of aliphatic imine (C=N–C) groups is 1. The fourth-order valence-electron chi connectivity index (χ4n) is 2.58. The zero-order chi connectivity index (χ0) is 18.1. The van der Waals surface area contributed by atoms with E-state index < -0.39 is 0 Å². The first kappa shape index (κ1) is 22.2. The Morgan fingerprint density at radius 2 is 1.54 bits per heavy atom. The lowest BCUT2D eigenvalue weighted by molar-refractivity contribution is 0.402. The molecule has 0 radical (unpaired) electrons. The molecule has 0 heterocycles. The first-order valence-electron chi connectivity index (χ1n) is 8.40. The van der Waals surface area contributed by atoms with Crippen LogP contribution in [-0.2, 0) is 19.6 Å². The highest BCUT2D eigenvalue weighted by atomic mass is 127. The van der Waals surface area contributed by atoms with Crippen LogP contribution in [0, 0.1) is 0 Å². The van der Waals surface area contributed by atoms with E-state index in [9.17, 15) is 0 Å². The van der Waals surface area contributed by atoms with E-state index in [0.717, 1.165) is 30.4 Å². The van der Waals surface area contributed by atoms with Crippen molar-refractivity contribution in [3.05, 3.63) is 65.2 Å². The number of nitrogens with zero attached hydrogens (tertiary/aromatic N) is 2. The number of guanidine groups is 1. The van der Waals surface area contributed by atoms with Crippen LogP contribution in [0.15, 0.2) is 53.5 Å². The predicted molar refractivity (Wildman–Crippen MR) is 119 cm³/mol. The van der Waals surface area contributed by atoms with Crippen molar-refractivity contribution in [3.8, 4) is 5.75 Å². The molecule has 0 bridgehead atoms. The van der Waals surface area contributed by atoms with Gasteiger partial charge in [-0.05, 0) is 42.9 Å². The second-order valence-corrected chi connectivity index (χ2v) is 6.19. The number of benzene rings is 2. The molecule has 0 fully saturated rings. The van der Waals surface area contributed by atoms with E-state index in [1.807, 2.05) is 18.2 Å². The molecule has 0 unspecified atom stereocenters. The minimum atomic E-state index is 0. The summed E-state index contributed by atoms with van der Waals surface area (Å²) in [6.07, 6.45) is 0. The molecule has 0 saturated carbocycles. The molecule has 6 heteroatoms. The molecular weight excluding hydrogens is 439 g/mol. The van der Waals surface area contributed by atoms with Crippen LogP contribution in [0.3, 0.4) is 0 Å². The quantitative estimate of drug-likeness (QED) is 0.372. The third-order valence-corrected chi connectivity index (χ3v) is 3.77. The number of hydrogen-bond acceptors (Lipinski definition) is 3. The van der Waals surface area contributed by atoms with Gasteiger partial charge in [-0.15, -0.1) is 24.0 Å². The van der Waals surface area contributed by atoms with Gasteiger partial charge in [-0.25, -0.2) is 0 Å². The molecule has 0 aromatic heterocycles. The van der Waals surface area contributed by atoms with Crippen molar-refractivity contribution in [2.45, 2.75) is 19.6 Å². The molecule has 2 rings (SSSR count). The van der Waals surface area contributed by atoms with Crippen molar-refractivity contribution in [2.24, 2.45) is 4.99 Å². The van der Waals surface area contributed by atoms with Gasteiger partial charge in [0, 0.05) is 26.7 Å². The molecule has 26 heavy (non-hydrogen) atoms. The first-order valence-corrected chi connectivity index (χ1v) is 8.40. The summed E-state index contributed by atoms with van der Waals surface area (Å²) < 4.78 is 5.25. The van der Waals surface area contributed by atoms with Crippen molar-refractivity contribution >= 4 is 29.9 Å². The minimum absolute atomic E-state index is 0. The van der Waals surface area contributed by atoms with Gasteiger partial charge in [-0.1, -0.05) is 36.4 Å². The molecular formula is C20H29IN4O.